The summed E-state index contributed by atoms with van der Waals surface area (Å²) in [6.45, 7) is 4.48. The normalized spacial score (nSPS) is 11.2. The molecule has 0 spiro atoms. The monoisotopic (exact) mass is 500 g/mol. The maximum absolute atomic E-state index is 12.3. The zero-order valence-electron chi connectivity index (χ0n) is 20.9. The first-order valence-corrected chi connectivity index (χ1v) is 11.7. The molecule has 0 saturated carbocycles. The molecule has 3 rings (SSSR count). The third-order valence-electron chi connectivity index (χ3n) is 5.41. The maximum atomic E-state index is 12.3. The molecule has 0 radical (unpaired) electrons. The maximum Gasteiger partial charge on any atom is 0.338 e. The van der Waals surface area contributed by atoms with E-state index in [2.05, 4.69) is 0 Å². The standard InChI is InChI=1S/C30H28O7/c1-20(31)22-9-11-23(12-10-22)27(32)17-6-21-4-7-25(8-5-21)29(34)37-19-18-36-26-15-13-24(14-16-26)28(33)30(2,3)35/h4-17,35H,18-19H2,1-3H3. The summed E-state index contributed by atoms with van der Waals surface area (Å²) in [5.41, 5.74) is 1.04. The van der Waals surface area contributed by atoms with Crippen LogP contribution in [0.4, 0.5) is 0 Å². The van der Waals surface area contributed by atoms with E-state index in [1.807, 2.05) is 0 Å². The summed E-state index contributed by atoms with van der Waals surface area (Å²) < 4.78 is 10.8. The molecule has 0 saturated heterocycles. The number of aliphatic hydroxyl groups is 1. The van der Waals surface area contributed by atoms with Gasteiger partial charge in [0.25, 0.3) is 0 Å². The van der Waals surface area contributed by atoms with Gasteiger partial charge < -0.3 is 14.6 Å². The number of allylic oxidation sites excluding steroid dienone is 1. The highest BCUT2D eigenvalue weighted by Gasteiger charge is 2.24. The van der Waals surface area contributed by atoms with Gasteiger partial charge in [-0.15, -0.1) is 0 Å². The number of carbonyl (C=O) groups excluding carboxylic acids is 4. The first-order chi connectivity index (χ1) is 17.5. The van der Waals surface area contributed by atoms with Crippen LogP contribution in [0.3, 0.4) is 0 Å². The van der Waals surface area contributed by atoms with E-state index in [1.54, 1.807) is 78.9 Å². The predicted octanol–water partition coefficient (Wildman–Crippen LogP) is 4.97. The lowest BCUT2D eigenvalue weighted by atomic mass is 9.97. The summed E-state index contributed by atoms with van der Waals surface area (Å²) in [4.78, 5) is 48.0. The van der Waals surface area contributed by atoms with Gasteiger partial charge in [0.15, 0.2) is 17.3 Å². The van der Waals surface area contributed by atoms with Crippen LogP contribution in [-0.4, -0.2) is 47.2 Å². The summed E-state index contributed by atoms with van der Waals surface area (Å²) in [6, 6.07) is 19.4. The average Bonchev–Trinajstić information content (AvgIpc) is 2.89. The summed E-state index contributed by atoms with van der Waals surface area (Å²) >= 11 is 0. The molecular formula is C30H28O7. The smallest absolute Gasteiger partial charge is 0.338 e. The van der Waals surface area contributed by atoms with E-state index >= 15 is 0 Å². The highest BCUT2D eigenvalue weighted by atomic mass is 16.6. The van der Waals surface area contributed by atoms with E-state index < -0.39 is 11.6 Å². The quantitative estimate of drug-likeness (QED) is 0.171. The van der Waals surface area contributed by atoms with Crippen LogP contribution in [0, 0.1) is 0 Å². The van der Waals surface area contributed by atoms with Gasteiger partial charge in [-0.05, 0) is 68.8 Å². The molecule has 0 bridgehead atoms. The molecule has 37 heavy (non-hydrogen) atoms. The molecular weight excluding hydrogens is 472 g/mol. The number of rotatable bonds is 11. The van der Waals surface area contributed by atoms with Crippen molar-refractivity contribution < 1.29 is 33.8 Å². The number of carbonyl (C=O) groups is 4. The lowest BCUT2D eigenvalue weighted by Gasteiger charge is -2.15. The van der Waals surface area contributed by atoms with E-state index in [-0.39, 0.29) is 30.6 Å². The molecule has 0 fully saturated rings. The van der Waals surface area contributed by atoms with Crippen molar-refractivity contribution in [1.29, 1.82) is 0 Å². The Kier molecular flexibility index (Phi) is 8.87. The fraction of sp³-hybridized carbons (Fsp3) is 0.200. The minimum absolute atomic E-state index is 0.0295. The van der Waals surface area contributed by atoms with Crippen molar-refractivity contribution in [2.75, 3.05) is 13.2 Å². The highest BCUT2D eigenvalue weighted by molar-refractivity contribution is 6.07. The Morgan fingerprint density at radius 1 is 0.757 bits per heavy atom. The van der Waals surface area contributed by atoms with E-state index in [0.29, 0.717) is 28.0 Å². The molecule has 7 heteroatoms. The number of Topliss-reactive ketones (excluding diaryl/α,β-unsaturated/α-hetero) is 2. The zero-order valence-corrected chi connectivity index (χ0v) is 20.9. The van der Waals surface area contributed by atoms with Gasteiger partial charge in [0.05, 0.1) is 5.56 Å². The molecule has 3 aromatic rings. The molecule has 3 aromatic carbocycles. The third kappa shape index (κ3) is 7.81. The van der Waals surface area contributed by atoms with Crippen molar-refractivity contribution >= 4 is 29.4 Å². The minimum atomic E-state index is -1.45. The molecule has 0 atom stereocenters. The van der Waals surface area contributed by atoms with E-state index in [1.165, 1.54) is 26.8 Å². The van der Waals surface area contributed by atoms with Crippen LogP contribution in [0.5, 0.6) is 5.75 Å². The van der Waals surface area contributed by atoms with Crippen LogP contribution in [0.15, 0.2) is 78.9 Å². The highest BCUT2D eigenvalue weighted by Crippen LogP contribution is 2.17. The summed E-state index contributed by atoms with van der Waals surface area (Å²) in [5, 5.41) is 9.80. The van der Waals surface area contributed by atoms with Crippen LogP contribution < -0.4 is 4.74 Å². The summed E-state index contributed by atoms with van der Waals surface area (Å²) in [5.74, 6) is -0.650. The lowest BCUT2D eigenvalue weighted by molar-refractivity contribution is 0.0449. The molecule has 7 nitrogen and oxygen atoms in total. The van der Waals surface area contributed by atoms with E-state index in [9.17, 15) is 24.3 Å². The topological polar surface area (TPSA) is 107 Å². The van der Waals surface area contributed by atoms with Crippen LogP contribution in [-0.2, 0) is 4.74 Å². The van der Waals surface area contributed by atoms with Gasteiger partial charge >= 0.3 is 5.97 Å². The number of hydrogen-bond donors (Lipinski definition) is 1. The molecule has 0 aromatic heterocycles. The number of ketones is 3. The van der Waals surface area contributed by atoms with E-state index in [4.69, 9.17) is 9.47 Å². The molecule has 0 aliphatic rings. The molecule has 0 heterocycles. The number of esters is 1. The Labute approximate surface area is 215 Å². The van der Waals surface area contributed by atoms with Gasteiger partial charge in [-0.25, -0.2) is 4.79 Å². The minimum Gasteiger partial charge on any atom is -0.490 e. The van der Waals surface area contributed by atoms with Crippen molar-refractivity contribution in [2.24, 2.45) is 0 Å². The molecule has 0 unspecified atom stereocenters. The molecule has 0 aliphatic heterocycles. The summed E-state index contributed by atoms with van der Waals surface area (Å²) in [7, 11) is 0. The second-order valence-electron chi connectivity index (χ2n) is 8.85. The second kappa shape index (κ2) is 12.1. The molecule has 0 aliphatic carbocycles. The predicted molar refractivity (Wildman–Crippen MR) is 139 cm³/mol. The molecule has 190 valence electrons. The van der Waals surface area contributed by atoms with Gasteiger partial charge in [0, 0.05) is 16.7 Å². The van der Waals surface area contributed by atoms with Crippen molar-refractivity contribution in [3.8, 4) is 5.75 Å². The number of benzene rings is 3. The number of hydrogen-bond acceptors (Lipinski definition) is 7. The lowest BCUT2D eigenvalue weighted by Crippen LogP contribution is -2.30. The van der Waals surface area contributed by atoms with Crippen molar-refractivity contribution in [2.45, 2.75) is 26.4 Å². The SMILES string of the molecule is CC(=O)c1ccc(C(=O)C=Cc2ccc(C(=O)OCCOc3ccc(C(=O)C(C)(C)O)cc3)cc2)cc1. The first-order valence-electron chi connectivity index (χ1n) is 11.7. The van der Waals surface area contributed by atoms with Crippen LogP contribution >= 0.6 is 0 Å². The molecule has 0 amide bonds. The van der Waals surface area contributed by atoms with Gasteiger partial charge in [-0.3, -0.25) is 14.4 Å². The van der Waals surface area contributed by atoms with Gasteiger partial charge in [0.1, 0.15) is 24.6 Å². The Bertz CT molecular complexity index is 1290. The average molecular weight is 501 g/mol. The van der Waals surface area contributed by atoms with Crippen molar-refractivity contribution in [3.05, 3.63) is 107 Å². The fourth-order valence-corrected chi connectivity index (χ4v) is 3.30. The van der Waals surface area contributed by atoms with E-state index in [0.717, 1.165) is 5.56 Å². The molecule has 1 N–H and O–H groups in total. The van der Waals surface area contributed by atoms with Gasteiger partial charge in [-0.1, -0.05) is 42.5 Å². The van der Waals surface area contributed by atoms with Crippen molar-refractivity contribution in [1.82, 2.24) is 0 Å². The summed E-state index contributed by atoms with van der Waals surface area (Å²) in [6.07, 6.45) is 3.07. The Balaban J connectivity index is 1.45. The second-order valence-corrected chi connectivity index (χ2v) is 8.85. The van der Waals surface area contributed by atoms with Crippen LogP contribution in [0.2, 0.25) is 0 Å². The van der Waals surface area contributed by atoms with Crippen LogP contribution in [0.25, 0.3) is 6.08 Å². The van der Waals surface area contributed by atoms with Gasteiger partial charge in [-0.2, -0.15) is 0 Å². The zero-order chi connectivity index (χ0) is 27.0. The first kappa shape index (κ1) is 27.2. The van der Waals surface area contributed by atoms with Crippen molar-refractivity contribution in [3.63, 3.8) is 0 Å². The Morgan fingerprint density at radius 3 is 1.86 bits per heavy atom. The Morgan fingerprint density at radius 2 is 1.30 bits per heavy atom. The number of ether oxygens (including phenoxy) is 2. The largest absolute Gasteiger partial charge is 0.490 e. The third-order valence-corrected chi connectivity index (χ3v) is 5.41. The Hall–Kier alpha value is -4.36. The van der Waals surface area contributed by atoms with Crippen LogP contribution in [0.1, 0.15) is 67.8 Å². The fourth-order valence-electron chi connectivity index (χ4n) is 3.30. The van der Waals surface area contributed by atoms with Gasteiger partial charge in [0.2, 0.25) is 0 Å².